The lowest BCUT2D eigenvalue weighted by Crippen LogP contribution is -2.30. The van der Waals surface area contributed by atoms with Crippen LogP contribution in [0.3, 0.4) is 0 Å². The van der Waals surface area contributed by atoms with Gasteiger partial charge in [0.1, 0.15) is 5.75 Å². The first-order chi connectivity index (χ1) is 12.1. The van der Waals surface area contributed by atoms with Crippen molar-refractivity contribution < 1.29 is 14.3 Å². The molecule has 0 bridgehead atoms. The minimum absolute atomic E-state index is 0.0444. The molecular weight excluding hydrogens is 318 g/mol. The van der Waals surface area contributed by atoms with E-state index in [2.05, 4.69) is 10.3 Å². The summed E-state index contributed by atoms with van der Waals surface area (Å²) in [6, 6.07) is 10.6. The molecule has 2 aromatic rings. The van der Waals surface area contributed by atoms with Gasteiger partial charge in [-0.05, 0) is 30.7 Å². The number of nitrogens with one attached hydrogen (secondary N) is 1. The van der Waals surface area contributed by atoms with E-state index in [1.54, 1.807) is 36.5 Å². The highest BCUT2D eigenvalue weighted by Crippen LogP contribution is 2.37. The lowest BCUT2D eigenvalue weighted by Gasteiger charge is -2.24. The van der Waals surface area contributed by atoms with Crippen molar-refractivity contribution in [2.45, 2.75) is 19.4 Å². The number of pyridine rings is 1. The number of hydrogen-bond donors (Lipinski definition) is 1. The van der Waals surface area contributed by atoms with Crippen LogP contribution >= 0.6 is 0 Å². The number of ether oxygens (including phenoxy) is 1. The first kappa shape index (κ1) is 17.0. The van der Waals surface area contributed by atoms with Crippen molar-refractivity contribution in [2.24, 2.45) is 5.92 Å². The molecule has 2 heterocycles. The fourth-order valence-corrected chi connectivity index (χ4v) is 3.18. The third-order valence-corrected chi connectivity index (χ3v) is 4.36. The molecule has 130 valence electrons. The van der Waals surface area contributed by atoms with Gasteiger partial charge < -0.3 is 15.0 Å². The van der Waals surface area contributed by atoms with E-state index in [9.17, 15) is 9.59 Å². The average molecular weight is 339 g/mol. The molecule has 2 atom stereocenters. The maximum atomic E-state index is 12.8. The van der Waals surface area contributed by atoms with Crippen molar-refractivity contribution in [3.63, 3.8) is 0 Å². The fourth-order valence-electron chi connectivity index (χ4n) is 3.18. The Hall–Kier alpha value is -2.89. The molecule has 1 aromatic heterocycles. The molecule has 1 aliphatic rings. The molecule has 1 aromatic carbocycles. The number of carbonyl (C=O) groups excluding carboxylic acids is 2. The van der Waals surface area contributed by atoms with E-state index in [4.69, 9.17) is 4.74 Å². The second-order valence-corrected chi connectivity index (χ2v) is 6.00. The summed E-state index contributed by atoms with van der Waals surface area (Å²) in [5, 5.41) is 2.91. The molecule has 0 spiro atoms. The summed E-state index contributed by atoms with van der Waals surface area (Å²) in [5.74, 6) is 0.0125. The molecule has 6 nitrogen and oxygen atoms in total. The molecule has 25 heavy (non-hydrogen) atoms. The molecule has 2 amide bonds. The van der Waals surface area contributed by atoms with E-state index < -0.39 is 5.92 Å². The highest BCUT2D eigenvalue weighted by Gasteiger charge is 2.42. The SMILES string of the molecule is CCOc1cccc(NC(=O)[C@H]2CC(=O)N(C)[C@H]2c2cccnc2)c1. The van der Waals surface area contributed by atoms with E-state index in [-0.39, 0.29) is 24.3 Å². The van der Waals surface area contributed by atoms with Gasteiger partial charge in [0.25, 0.3) is 0 Å². The lowest BCUT2D eigenvalue weighted by molar-refractivity contribution is -0.127. The second-order valence-electron chi connectivity index (χ2n) is 6.00. The van der Waals surface area contributed by atoms with Crippen molar-refractivity contribution in [1.29, 1.82) is 0 Å². The standard InChI is InChI=1S/C19H21N3O3/c1-3-25-15-8-4-7-14(10-15)21-19(24)16-11-17(23)22(2)18(16)13-6-5-9-20-12-13/h4-10,12,16,18H,3,11H2,1-2H3,(H,21,24)/t16-,18-/m0/s1. The van der Waals surface area contributed by atoms with Gasteiger partial charge in [0.05, 0.1) is 18.6 Å². The number of rotatable bonds is 5. The molecule has 6 heteroatoms. The predicted molar refractivity (Wildman–Crippen MR) is 94.1 cm³/mol. The maximum Gasteiger partial charge on any atom is 0.230 e. The average Bonchev–Trinajstić information content (AvgIpc) is 2.92. The van der Waals surface area contributed by atoms with Crippen LogP contribution in [0.25, 0.3) is 0 Å². The molecule has 3 rings (SSSR count). The van der Waals surface area contributed by atoms with Crippen LogP contribution < -0.4 is 10.1 Å². The van der Waals surface area contributed by atoms with Crippen molar-refractivity contribution in [2.75, 3.05) is 19.0 Å². The van der Waals surface area contributed by atoms with Gasteiger partial charge in [-0.2, -0.15) is 0 Å². The number of hydrogen-bond acceptors (Lipinski definition) is 4. The number of carbonyl (C=O) groups is 2. The van der Waals surface area contributed by atoms with Crippen LogP contribution in [0.2, 0.25) is 0 Å². The van der Waals surface area contributed by atoms with Crippen molar-refractivity contribution >= 4 is 17.5 Å². The van der Waals surface area contributed by atoms with Gasteiger partial charge in [0, 0.05) is 37.6 Å². The molecule has 1 N–H and O–H groups in total. The fraction of sp³-hybridized carbons (Fsp3) is 0.316. The van der Waals surface area contributed by atoms with E-state index in [0.29, 0.717) is 18.0 Å². The van der Waals surface area contributed by atoms with Crippen LogP contribution in [0.15, 0.2) is 48.8 Å². The topological polar surface area (TPSA) is 71.5 Å². The summed E-state index contributed by atoms with van der Waals surface area (Å²) in [5.41, 5.74) is 1.52. The smallest absolute Gasteiger partial charge is 0.230 e. The third kappa shape index (κ3) is 3.63. The molecule has 0 saturated carbocycles. The maximum absolute atomic E-state index is 12.8. The Morgan fingerprint density at radius 1 is 1.36 bits per heavy atom. The van der Waals surface area contributed by atoms with Crippen molar-refractivity contribution in [3.8, 4) is 5.75 Å². The van der Waals surface area contributed by atoms with E-state index in [1.807, 2.05) is 31.2 Å². The van der Waals surface area contributed by atoms with Crippen LogP contribution in [0, 0.1) is 5.92 Å². The van der Waals surface area contributed by atoms with Gasteiger partial charge in [-0.15, -0.1) is 0 Å². The van der Waals surface area contributed by atoms with Crippen LogP contribution in [-0.2, 0) is 9.59 Å². The summed E-state index contributed by atoms with van der Waals surface area (Å²) < 4.78 is 5.46. The second kappa shape index (κ2) is 7.34. The Balaban J connectivity index is 1.80. The van der Waals surface area contributed by atoms with Gasteiger partial charge in [0.2, 0.25) is 11.8 Å². The van der Waals surface area contributed by atoms with Gasteiger partial charge in [-0.3, -0.25) is 14.6 Å². The number of aromatic nitrogens is 1. The first-order valence-electron chi connectivity index (χ1n) is 8.29. The molecular formula is C19H21N3O3. The number of nitrogens with zero attached hydrogens (tertiary/aromatic N) is 2. The monoisotopic (exact) mass is 339 g/mol. The quantitative estimate of drug-likeness (QED) is 0.909. The largest absolute Gasteiger partial charge is 0.494 e. The van der Waals surface area contributed by atoms with E-state index >= 15 is 0 Å². The highest BCUT2D eigenvalue weighted by atomic mass is 16.5. The first-order valence-corrected chi connectivity index (χ1v) is 8.29. The molecule has 0 aliphatic carbocycles. The summed E-state index contributed by atoms with van der Waals surface area (Å²) in [4.78, 5) is 30.7. The van der Waals surface area contributed by atoms with Crippen LogP contribution in [0.1, 0.15) is 24.9 Å². The van der Waals surface area contributed by atoms with Crippen LogP contribution in [-0.4, -0.2) is 35.4 Å². The van der Waals surface area contributed by atoms with E-state index in [0.717, 1.165) is 5.56 Å². The Morgan fingerprint density at radius 2 is 2.20 bits per heavy atom. The molecule has 1 aliphatic heterocycles. The molecule has 0 radical (unpaired) electrons. The van der Waals surface area contributed by atoms with Crippen molar-refractivity contribution in [3.05, 3.63) is 54.4 Å². The van der Waals surface area contributed by atoms with Gasteiger partial charge in [-0.1, -0.05) is 12.1 Å². The van der Waals surface area contributed by atoms with Gasteiger partial charge in [-0.25, -0.2) is 0 Å². The van der Waals surface area contributed by atoms with Crippen molar-refractivity contribution in [1.82, 2.24) is 9.88 Å². The van der Waals surface area contributed by atoms with E-state index in [1.165, 1.54) is 0 Å². The summed E-state index contributed by atoms with van der Waals surface area (Å²) >= 11 is 0. The number of anilines is 1. The minimum Gasteiger partial charge on any atom is -0.494 e. The Labute approximate surface area is 146 Å². The molecule has 1 saturated heterocycles. The minimum atomic E-state index is -0.461. The Bertz CT molecular complexity index is 764. The number of amides is 2. The summed E-state index contributed by atoms with van der Waals surface area (Å²) in [7, 11) is 1.73. The highest BCUT2D eigenvalue weighted by molar-refractivity contribution is 5.98. The van der Waals surface area contributed by atoms with Crippen LogP contribution in [0.5, 0.6) is 5.75 Å². The number of benzene rings is 1. The Kier molecular flexibility index (Phi) is 4.97. The van der Waals surface area contributed by atoms with Gasteiger partial charge >= 0.3 is 0 Å². The normalized spacial score (nSPS) is 19.8. The zero-order chi connectivity index (χ0) is 17.8. The lowest BCUT2D eigenvalue weighted by atomic mass is 9.94. The zero-order valence-corrected chi connectivity index (χ0v) is 14.3. The van der Waals surface area contributed by atoms with Gasteiger partial charge in [0.15, 0.2) is 0 Å². The molecule has 0 unspecified atom stereocenters. The van der Waals surface area contributed by atoms with Crippen LogP contribution in [0.4, 0.5) is 5.69 Å². The zero-order valence-electron chi connectivity index (χ0n) is 14.3. The summed E-state index contributed by atoms with van der Waals surface area (Å²) in [6.45, 7) is 2.46. The Morgan fingerprint density at radius 3 is 2.92 bits per heavy atom. The predicted octanol–water partition coefficient (Wildman–Crippen LogP) is 2.64. The third-order valence-electron chi connectivity index (χ3n) is 4.36. The number of likely N-dealkylation sites (tertiary alicyclic amines) is 1. The molecule has 1 fully saturated rings. The summed E-state index contributed by atoms with van der Waals surface area (Å²) in [6.07, 6.45) is 3.57.